The van der Waals surface area contributed by atoms with Gasteiger partial charge in [-0.3, -0.25) is 0 Å². The molecule has 4 rings (SSSR count). The van der Waals surface area contributed by atoms with Crippen LogP contribution in [-0.2, 0) is 20.8 Å². The first-order chi connectivity index (χ1) is 16.1. The van der Waals surface area contributed by atoms with Crippen LogP contribution in [0.4, 0.5) is 10.5 Å². The summed E-state index contributed by atoms with van der Waals surface area (Å²) in [6.07, 6.45) is 9.65. The molecule has 1 saturated heterocycles. The van der Waals surface area contributed by atoms with E-state index in [0.29, 0.717) is 18.7 Å². The summed E-state index contributed by atoms with van der Waals surface area (Å²) in [6, 6.07) is 4.26. The third-order valence-corrected chi connectivity index (χ3v) is 6.35. The van der Waals surface area contributed by atoms with Crippen LogP contribution in [0, 0.1) is 11.8 Å². The topological polar surface area (TPSA) is 76.9 Å². The number of hydrogen-bond acceptors (Lipinski definition) is 6. The van der Waals surface area contributed by atoms with Crippen LogP contribution in [0.2, 0.25) is 0 Å². The molecule has 3 heterocycles. The van der Waals surface area contributed by atoms with Crippen molar-refractivity contribution < 1.29 is 19.1 Å². The number of anilines is 1. The first kappa shape index (κ1) is 23.9. The average Bonchev–Trinajstić information content (AvgIpc) is 3.20. The number of pyridine rings is 1. The minimum absolute atomic E-state index is 0.220. The SMILES string of the molecule is COC(=O)C1=CC(C)C(Cn2ccc3cc(N4CCN(C(=O)OC(C)(C)C)CC4)cnc32)C=C1. The van der Waals surface area contributed by atoms with E-state index in [1.54, 1.807) is 4.90 Å². The van der Waals surface area contributed by atoms with Gasteiger partial charge in [0.1, 0.15) is 11.2 Å². The van der Waals surface area contributed by atoms with Gasteiger partial charge in [0.25, 0.3) is 0 Å². The molecule has 34 heavy (non-hydrogen) atoms. The fraction of sp³-hybridized carbons (Fsp3) is 0.500. The van der Waals surface area contributed by atoms with Crippen LogP contribution < -0.4 is 4.90 Å². The molecule has 1 amide bonds. The number of esters is 1. The van der Waals surface area contributed by atoms with Gasteiger partial charge in [-0.2, -0.15) is 0 Å². The van der Waals surface area contributed by atoms with E-state index in [1.807, 2.05) is 39.1 Å². The van der Waals surface area contributed by atoms with E-state index in [2.05, 4.69) is 40.8 Å². The molecule has 2 atom stereocenters. The zero-order valence-corrected chi connectivity index (χ0v) is 20.7. The van der Waals surface area contributed by atoms with E-state index in [4.69, 9.17) is 14.5 Å². The summed E-state index contributed by atoms with van der Waals surface area (Å²) in [5.41, 5.74) is 2.13. The van der Waals surface area contributed by atoms with E-state index in [-0.39, 0.29) is 23.9 Å². The Morgan fingerprint density at radius 1 is 1.18 bits per heavy atom. The Kier molecular flexibility index (Phi) is 6.68. The lowest BCUT2D eigenvalue weighted by molar-refractivity contribution is -0.135. The number of fused-ring (bicyclic) bond motifs is 1. The summed E-state index contributed by atoms with van der Waals surface area (Å²) in [5, 5.41) is 1.09. The minimum atomic E-state index is -0.485. The smallest absolute Gasteiger partial charge is 0.410 e. The van der Waals surface area contributed by atoms with Gasteiger partial charge < -0.3 is 23.8 Å². The van der Waals surface area contributed by atoms with Crippen molar-refractivity contribution in [2.45, 2.75) is 39.8 Å². The molecule has 0 radical (unpaired) electrons. The molecular weight excluding hydrogens is 432 g/mol. The standard InChI is InChI=1S/C26H34N4O4/c1-18-14-20(24(31)33-5)6-7-21(18)17-30-9-8-19-15-22(16-27-23(19)30)28-10-12-29(13-11-28)25(32)34-26(2,3)4/h6-9,14-16,18,21H,10-13,17H2,1-5H3. The van der Waals surface area contributed by atoms with Crippen molar-refractivity contribution in [2.75, 3.05) is 38.2 Å². The van der Waals surface area contributed by atoms with Gasteiger partial charge in [-0.15, -0.1) is 0 Å². The Morgan fingerprint density at radius 2 is 1.91 bits per heavy atom. The van der Waals surface area contributed by atoms with Crippen molar-refractivity contribution in [1.82, 2.24) is 14.5 Å². The van der Waals surface area contributed by atoms with Gasteiger partial charge in [-0.05, 0) is 38.8 Å². The molecule has 182 valence electrons. The summed E-state index contributed by atoms with van der Waals surface area (Å²) in [7, 11) is 1.40. The fourth-order valence-electron chi connectivity index (χ4n) is 4.43. The number of amides is 1. The Hall–Kier alpha value is -3.29. The summed E-state index contributed by atoms with van der Waals surface area (Å²) >= 11 is 0. The van der Waals surface area contributed by atoms with Crippen molar-refractivity contribution in [2.24, 2.45) is 11.8 Å². The number of carbonyl (C=O) groups excluding carboxylic acids is 2. The number of nitrogens with zero attached hydrogens (tertiary/aromatic N) is 4. The molecule has 2 aromatic heterocycles. The Balaban J connectivity index is 1.40. The maximum Gasteiger partial charge on any atom is 0.410 e. The van der Waals surface area contributed by atoms with Gasteiger partial charge in [-0.1, -0.05) is 25.2 Å². The second-order valence-corrected chi connectivity index (χ2v) is 10.0. The van der Waals surface area contributed by atoms with E-state index in [9.17, 15) is 9.59 Å². The molecule has 2 aromatic rings. The van der Waals surface area contributed by atoms with Crippen molar-refractivity contribution >= 4 is 28.8 Å². The van der Waals surface area contributed by atoms with Crippen molar-refractivity contribution in [1.29, 1.82) is 0 Å². The molecule has 8 heteroatoms. The molecule has 1 fully saturated rings. The third-order valence-electron chi connectivity index (χ3n) is 6.35. The maximum absolute atomic E-state index is 12.3. The largest absolute Gasteiger partial charge is 0.465 e. The molecule has 0 aromatic carbocycles. The molecule has 0 spiro atoms. The summed E-state index contributed by atoms with van der Waals surface area (Å²) in [4.78, 5) is 32.9. The van der Waals surface area contributed by atoms with E-state index in [0.717, 1.165) is 36.4 Å². The zero-order chi connectivity index (χ0) is 24.5. The number of hydrogen-bond donors (Lipinski definition) is 0. The number of ether oxygens (including phenoxy) is 2. The van der Waals surface area contributed by atoms with Crippen molar-refractivity contribution in [3.8, 4) is 0 Å². The normalized spacial score (nSPS) is 20.9. The quantitative estimate of drug-likeness (QED) is 0.634. The predicted octanol–water partition coefficient (Wildman–Crippen LogP) is 4.01. The number of carbonyl (C=O) groups is 2. The van der Waals surface area contributed by atoms with Gasteiger partial charge in [0, 0.05) is 50.2 Å². The van der Waals surface area contributed by atoms with Crippen LogP contribution in [0.1, 0.15) is 27.7 Å². The average molecular weight is 467 g/mol. The molecule has 0 saturated carbocycles. The van der Waals surface area contributed by atoms with Gasteiger partial charge in [-0.25, -0.2) is 14.6 Å². The molecule has 2 aliphatic rings. The Bertz CT molecular complexity index is 1120. The summed E-state index contributed by atoms with van der Waals surface area (Å²) in [5.74, 6) is 0.192. The monoisotopic (exact) mass is 466 g/mol. The first-order valence-corrected chi connectivity index (χ1v) is 11.8. The minimum Gasteiger partial charge on any atom is -0.465 e. The molecule has 2 unspecified atom stereocenters. The molecule has 8 nitrogen and oxygen atoms in total. The highest BCUT2D eigenvalue weighted by atomic mass is 16.6. The number of methoxy groups -OCH3 is 1. The van der Waals surface area contributed by atoms with Gasteiger partial charge in [0.05, 0.1) is 24.6 Å². The van der Waals surface area contributed by atoms with E-state index < -0.39 is 5.60 Å². The molecule has 1 aliphatic heterocycles. The van der Waals surface area contributed by atoms with Crippen LogP contribution in [0.15, 0.2) is 48.3 Å². The number of piperazine rings is 1. The fourth-order valence-corrected chi connectivity index (χ4v) is 4.43. The van der Waals surface area contributed by atoms with Crippen molar-refractivity contribution in [3.05, 3.63) is 48.3 Å². The van der Waals surface area contributed by atoms with Crippen molar-refractivity contribution in [3.63, 3.8) is 0 Å². The Labute approximate surface area is 200 Å². The van der Waals surface area contributed by atoms with Gasteiger partial charge in [0.2, 0.25) is 0 Å². The van der Waals surface area contributed by atoms with E-state index >= 15 is 0 Å². The molecule has 1 aliphatic carbocycles. The highest BCUT2D eigenvalue weighted by molar-refractivity contribution is 5.91. The van der Waals surface area contributed by atoms with Crippen LogP contribution >= 0.6 is 0 Å². The lowest BCUT2D eigenvalue weighted by Crippen LogP contribution is -2.50. The van der Waals surface area contributed by atoms with Gasteiger partial charge in [0.15, 0.2) is 0 Å². The van der Waals surface area contributed by atoms with Crippen LogP contribution in [-0.4, -0.2) is 65.4 Å². The lowest BCUT2D eigenvalue weighted by Gasteiger charge is -2.36. The van der Waals surface area contributed by atoms with Gasteiger partial charge >= 0.3 is 12.1 Å². The van der Waals surface area contributed by atoms with Crippen LogP contribution in [0.25, 0.3) is 11.0 Å². The number of rotatable bonds is 4. The highest BCUT2D eigenvalue weighted by Gasteiger charge is 2.26. The lowest BCUT2D eigenvalue weighted by atomic mass is 9.87. The summed E-state index contributed by atoms with van der Waals surface area (Å²) in [6.45, 7) is 11.3. The molecule has 0 N–H and O–H groups in total. The second kappa shape index (κ2) is 9.52. The predicted molar refractivity (Wildman–Crippen MR) is 132 cm³/mol. The third kappa shape index (κ3) is 5.26. The molecular formula is C26H34N4O4. The van der Waals surface area contributed by atoms with E-state index in [1.165, 1.54) is 7.11 Å². The summed E-state index contributed by atoms with van der Waals surface area (Å²) < 4.78 is 12.5. The van der Waals surface area contributed by atoms with Crippen LogP contribution in [0.5, 0.6) is 0 Å². The number of aromatic nitrogens is 2. The zero-order valence-electron chi connectivity index (χ0n) is 20.7. The molecule has 0 bridgehead atoms. The van der Waals surface area contributed by atoms with Crippen LogP contribution in [0.3, 0.4) is 0 Å². The maximum atomic E-state index is 12.3. The first-order valence-electron chi connectivity index (χ1n) is 11.8. The Morgan fingerprint density at radius 3 is 2.56 bits per heavy atom. The number of allylic oxidation sites excluding steroid dienone is 2. The highest BCUT2D eigenvalue weighted by Crippen LogP contribution is 2.28. The second-order valence-electron chi connectivity index (χ2n) is 10.0.